The van der Waals surface area contributed by atoms with Gasteiger partial charge < -0.3 is 0 Å². The Balaban J connectivity index is 2.03. The van der Waals surface area contributed by atoms with E-state index in [1.165, 1.54) is 0 Å². The number of non-ortho nitro benzene ring substituents is 1. The standard InChI is InChI=1S/C13H6F6N4O5S2/c14-12(15,16)11(13(17,18)19)20-9(24)22-5-8(29-10(22)21-11)30(27,28)7-3-1-6(2-4-7)23(25)26/h1-5H,(H,20,24). The maximum atomic E-state index is 13.2. The van der Waals surface area contributed by atoms with E-state index >= 15 is 0 Å². The summed E-state index contributed by atoms with van der Waals surface area (Å²) in [6.07, 6.45) is -11.6. The van der Waals surface area contributed by atoms with E-state index in [1.54, 1.807) is 0 Å². The molecule has 0 fully saturated rings. The number of alkyl halides is 6. The molecule has 162 valence electrons. The van der Waals surface area contributed by atoms with Crippen LogP contribution in [0.5, 0.6) is 0 Å². The van der Waals surface area contributed by atoms with Crippen LogP contribution in [0.3, 0.4) is 0 Å². The third-order valence-corrected chi connectivity index (χ3v) is 7.06. The average molecular weight is 476 g/mol. The Morgan fingerprint density at radius 1 is 1.10 bits per heavy atom. The average Bonchev–Trinajstić information content (AvgIpc) is 3.05. The molecule has 0 spiro atoms. The van der Waals surface area contributed by atoms with Crippen LogP contribution in [0.2, 0.25) is 0 Å². The van der Waals surface area contributed by atoms with Gasteiger partial charge in [0, 0.05) is 18.3 Å². The molecular formula is C13H6F6N4O5S2. The molecule has 9 nitrogen and oxygen atoms in total. The van der Waals surface area contributed by atoms with Crippen molar-refractivity contribution in [2.75, 3.05) is 0 Å². The maximum Gasteiger partial charge on any atom is 0.441 e. The van der Waals surface area contributed by atoms with Gasteiger partial charge in [-0.1, -0.05) is 0 Å². The smallest absolute Gasteiger partial charge is 0.297 e. The van der Waals surface area contributed by atoms with Gasteiger partial charge in [0.15, 0.2) is 5.17 Å². The summed E-state index contributed by atoms with van der Waals surface area (Å²) >= 11 is -0.101. The fourth-order valence-corrected chi connectivity index (χ4v) is 5.03. The number of amidine groups is 1. The van der Waals surface area contributed by atoms with Gasteiger partial charge >= 0.3 is 24.0 Å². The van der Waals surface area contributed by atoms with Gasteiger partial charge in [0.2, 0.25) is 9.84 Å². The lowest BCUT2D eigenvalue weighted by Crippen LogP contribution is -2.70. The molecule has 3 rings (SSSR count). The SMILES string of the molecule is O=C1NC(C(F)(F)F)(C(F)(F)F)N=C2SC(S(=O)(=O)c3ccc([N+](=O)[O-])cc3)=CN12. The summed E-state index contributed by atoms with van der Waals surface area (Å²) in [6, 6.07) is 1.43. The number of hydrogen-bond donors (Lipinski definition) is 1. The number of hydrogen-bond acceptors (Lipinski definition) is 7. The molecule has 1 aromatic rings. The molecule has 2 amide bonds. The topological polar surface area (TPSA) is 122 Å². The van der Waals surface area contributed by atoms with E-state index in [0.717, 1.165) is 29.6 Å². The van der Waals surface area contributed by atoms with Gasteiger partial charge in [0.05, 0.1) is 9.82 Å². The van der Waals surface area contributed by atoms with Crippen LogP contribution >= 0.6 is 11.8 Å². The number of nitrogens with one attached hydrogen (secondary N) is 1. The maximum absolute atomic E-state index is 13.2. The Kier molecular flexibility index (Phi) is 4.81. The highest BCUT2D eigenvalue weighted by Crippen LogP contribution is 2.48. The molecule has 17 heteroatoms. The quantitative estimate of drug-likeness (QED) is 0.407. The number of nitro groups is 1. The number of nitro benzene ring substituents is 1. The van der Waals surface area contributed by atoms with E-state index in [9.17, 15) is 49.7 Å². The molecule has 2 heterocycles. The number of thioether (sulfide) groups is 1. The van der Waals surface area contributed by atoms with Crippen LogP contribution in [0.4, 0.5) is 36.8 Å². The molecule has 0 unspecified atom stereocenters. The first kappa shape index (κ1) is 21.9. The lowest BCUT2D eigenvalue weighted by Gasteiger charge is -2.38. The van der Waals surface area contributed by atoms with Crippen LogP contribution in [0.1, 0.15) is 0 Å². The van der Waals surface area contributed by atoms with Crippen LogP contribution in [0, 0.1) is 10.1 Å². The summed E-state index contributed by atoms with van der Waals surface area (Å²) in [6.45, 7) is 0. The van der Waals surface area contributed by atoms with Crippen LogP contribution < -0.4 is 5.32 Å². The summed E-state index contributed by atoms with van der Waals surface area (Å²) in [4.78, 5) is 24.0. The number of rotatable bonds is 3. The Bertz CT molecular complexity index is 1080. The largest absolute Gasteiger partial charge is 0.441 e. The zero-order chi connectivity index (χ0) is 22.7. The molecule has 0 aliphatic carbocycles. The first-order valence-corrected chi connectivity index (χ1v) is 9.64. The third-order valence-electron chi connectivity index (χ3n) is 3.85. The number of aliphatic imine (C=N–C) groups is 1. The van der Waals surface area contributed by atoms with E-state index in [-0.39, 0.29) is 16.7 Å². The van der Waals surface area contributed by atoms with Crippen LogP contribution in [0.15, 0.2) is 44.6 Å². The van der Waals surface area contributed by atoms with Crippen molar-refractivity contribution in [3.63, 3.8) is 0 Å². The second-order valence-corrected chi connectivity index (χ2v) is 8.89. The molecule has 0 saturated heterocycles. The minimum absolute atomic E-state index is 0.101. The number of benzene rings is 1. The van der Waals surface area contributed by atoms with E-state index < -0.39 is 58.8 Å². The van der Waals surface area contributed by atoms with E-state index in [1.807, 2.05) is 0 Å². The monoisotopic (exact) mass is 476 g/mol. The van der Waals surface area contributed by atoms with Gasteiger partial charge in [-0.15, -0.1) is 0 Å². The van der Waals surface area contributed by atoms with Gasteiger partial charge in [-0.2, -0.15) is 26.3 Å². The Labute approximate surface area is 166 Å². The zero-order valence-corrected chi connectivity index (χ0v) is 15.5. The lowest BCUT2D eigenvalue weighted by atomic mass is 10.1. The number of fused-ring (bicyclic) bond motifs is 1. The molecule has 0 aromatic heterocycles. The number of amides is 2. The molecule has 0 saturated carbocycles. The second-order valence-electron chi connectivity index (χ2n) is 5.71. The molecule has 0 bridgehead atoms. The molecule has 1 N–H and O–H groups in total. The van der Waals surface area contributed by atoms with Crippen LogP contribution in [-0.4, -0.2) is 47.5 Å². The summed E-state index contributed by atoms with van der Waals surface area (Å²) < 4.78 is 103. The predicted octanol–water partition coefficient (Wildman–Crippen LogP) is 3.12. The minimum atomic E-state index is -6.07. The summed E-state index contributed by atoms with van der Waals surface area (Å²) in [5.41, 5.74) is -5.40. The lowest BCUT2D eigenvalue weighted by molar-refractivity contribution is -0.384. The molecule has 0 radical (unpaired) electrons. The van der Waals surface area contributed by atoms with Gasteiger partial charge in [-0.05, 0) is 23.9 Å². The molecular weight excluding hydrogens is 470 g/mol. The minimum Gasteiger partial charge on any atom is -0.297 e. The van der Waals surface area contributed by atoms with Crippen molar-refractivity contribution in [3.05, 3.63) is 44.8 Å². The van der Waals surface area contributed by atoms with Gasteiger partial charge in [-0.25, -0.2) is 23.1 Å². The van der Waals surface area contributed by atoms with Gasteiger partial charge in [0.25, 0.3) is 5.69 Å². The Morgan fingerprint density at radius 2 is 1.63 bits per heavy atom. The molecule has 30 heavy (non-hydrogen) atoms. The molecule has 0 atom stereocenters. The third kappa shape index (κ3) is 3.26. The predicted molar refractivity (Wildman–Crippen MR) is 88.6 cm³/mol. The van der Waals surface area contributed by atoms with E-state index in [4.69, 9.17) is 0 Å². The molecule has 1 aromatic carbocycles. The first-order valence-electron chi connectivity index (χ1n) is 7.34. The summed E-state index contributed by atoms with van der Waals surface area (Å²) in [7, 11) is -4.53. The van der Waals surface area contributed by atoms with Gasteiger partial charge in [-0.3, -0.25) is 15.4 Å². The molecule has 2 aliphatic rings. The number of nitrogens with zero attached hydrogens (tertiary/aromatic N) is 3. The fraction of sp³-hybridized carbons (Fsp3) is 0.231. The van der Waals surface area contributed by atoms with Crippen molar-refractivity contribution in [2.45, 2.75) is 22.9 Å². The normalized spacial score (nSPS) is 19.0. The Morgan fingerprint density at radius 3 is 2.10 bits per heavy atom. The number of carbonyl (C=O) groups excluding carboxylic acids is 1. The number of urea groups is 1. The first-order chi connectivity index (χ1) is 13.6. The van der Waals surface area contributed by atoms with Crippen LogP contribution in [-0.2, 0) is 9.84 Å². The number of sulfone groups is 1. The van der Waals surface area contributed by atoms with Crippen molar-refractivity contribution in [1.29, 1.82) is 0 Å². The van der Waals surface area contributed by atoms with Gasteiger partial charge in [0.1, 0.15) is 4.24 Å². The fourth-order valence-electron chi connectivity index (χ4n) is 2.35. The highest BCUT2D eigenvalue weighted by atomic mass is 32.3. The Hall–Kier alpha value is -2.82. The summed E-state index contributed by atoms with van der Waals surface area (Å²) in [5.74, 6) is 0. The van der Waals surface area contributed by atoms with E-state index in [2.05, 4.69) is 4.99 Å². The zero-order valence-electron chi connectivity index (χ0n) is 13.9. The number of halogens is 6. The highest BCUT2D eigenvalue weighted by Gasteiger charge is 2.74. The van der Waals surface area contributed by atoms with Crippen LogP contribution in [0.25, 0.3) is 0 Å². The van der Waals surface area contributed by atoms with Crippen molar-refractivity contribution < 1.29 is 44.5 Å². The highest BCUT2D eigenvalue weighted by molar-refractivity contribution is 8.27. The number of carbonyl (C=O) groups is 1. The summed E-state index contributed by atoms with van der Waals surface area (Å²) in [5, 5.41) is 10.2. The van der Waals surface area contributed by atoms with E-state index in [0.29, 0.717) is 6.20 Å². The van der Waals surface area contributed by atoms with Crippen molar-refractivity contribution in [3.8, 4) is 0 Å². The molecule has 2 aliphatic heterocycles. The van der Waals surface area contributed by atoms with Crippen molar-refractivity contribution in [1.82, 2.24) is 10.2 Å². The van der Waals surface area contributed by atoms with Crippen molar-refractivity contribution in [2.24, 2.45) is 4.99 Å². The second kappa shape index (κ2) is 6.59. The van der Waals surface area contributed by atoms with Crippen molar-refractivity contribution >= 4 is 38.5 Å².